The molecule has 1 heterocycles. The predicted octanol–water partition coefficient (Wildman–Crippen LogP) is 1.77. The van der Waals surface area contributed by atoms with Gasteiger partial charge in [0.15, 0.2) is 0 Å². The van der Waals surface area contributed by atoms with Gasteiger partial charge in [0.25, 0.3) is 0 Å². The lowest BCUT2D eigenvalue weighted by Gasteiger charge is -2.33. The molecule has 0 spiro atoms. The van der Waals surface area contributed by atoms with Crippen LogP contribution in [0.5, 0.6) is 0 Å². The third-order valence-corrected chi connectivity index (χ3v) is 4.61. The number of amides is 2. The number of anilines is 1. The van der Waals surface area contributed by atoms with Crippen LogP contribution < -0.4 is 10.2 Å². The van der Waals surface area contributed by atoms with Gasteiger partial charge in [0, 0.05) is 6.54 Å². The zero-order valence-electron chi connectivity index (χ0n) is 12.3. The first-order chi connectivity index (χ1) is 11.0. The second-order valence-corrected chi connectivity index (χ2v) is 6.48. The molecule has 1 aromatic carbocycles. The largest absolute Gasteiger partial charge is 0.481 e. The summed E-state index contributed by atoms with van der Waals surface area (Å²) in [6, 6.07) is 6.48. The summed E-state index contributed by atoms with van der Waals surface area (Å²) in [5, 5.41) is 11.7. The number of piperidine rings is 1. The average Bonchev–Trinajstić information content (AvgIpc) is 2.50. The van der Waals surface area contributed by atoms with Crippen LogP contribution in [0.15, 0.2) is 24.3 Å². The van der Waals surface area contributed by atoms with Crippen LogP contribution in [0.4, 0.5) is 5.69 Å². The molecule has 1 aliphatic heterocycles. The lowest BCUT2D eigenvalue weighted by molar-refractivity contribution is -0.133. The van der Waals surface area contributed by atoms with E-state index < -0.39 is 12.0 Å². The molecule has 0 bridgehead atoms. The molecule has 6 nitrogen and oxygen atoms in total. The molecule has 1 aliphatic rings. The van der Waals surface area contributed by atoms with Gasteiger partial charge in [0.05, 0.1) is 22.2 Å². The summed E-state index contributed by atoms with van der Waals surface area (Å²) < 4.78 is 0. The van der Waals surface area contributed by atoms with Crippen LogP contribution in [0.2, 0.25) is 5.02 Å². The van der Waals surface area contributed by atoms with Crippen LogP contribution in [0.25, 0.3) is 0 Å². The highest BCUT2D eigenvalue weighted by atomic mass is 35.5. The van der Waals surface area contributed by atoms with Gasteiger partial charge in [-0.15, -0.1) is 11.8 Å². The van der Waals surface area contributed by atoms with Gasteiger partial charge in [-0.1, -0.05) is 23.7 Å². The first kappa shape index (κ1) is 17.6. The quantitative estimate of drug-likeness (QED) is 0.811. The van der Waals surface area contributed by atoms with E-state index in [1.54, 1.807) is 29.2 Å². The van der Waals surface area contributed by atoms with Crippen LogP contribution in [0, 0.1) is 0 Å². The molecule has 1 atom stereocenters. The molecule has 1 unspecified atom stereocenters. The van der Waals surface area contributed by atoms with Crippen molar-refractivity contribution in [2.75, 3.05) is 23.0 Å². The topological polar surface area (TPSA) is 86.7 Å². The number of nitrogens with zero attached hydrogens (tertiary/aromatic N) is 1. The zero-order chi connectivity index (χ0) is 16.8. The molecule has 2 N–H and O–H groups in total. The number of hydrogen-bond donors (Lipinski definition) is 2. The maximum absolute atomic E-state index is 12.5. The SMILES string of the molecule is O=C(O)CSCC(=O)NC1CCCN(c2ccccc2Cl)C1=O. The van der Waals surface area contributed by atoms with Crippen molar-refractivity contribution in [1.82, 2.24) is 5.32 Å². The Morgan fingerprint density at radius 3 is 2.78 bits per heavy atom. The second kappa shape index (κ2) is 8.21. The monoisotopic (exact) mass is 356 g/mol. The summed E-state index contributed by atoms with van der Waals surface area (Å²) in [5.74, 6) is -1.63. The van der Waals surface area contributed by atoms with E-state index >= 15 is 0 Å². The fourth-order valence-corrected chi connectivity index (χ4v) is 3.17. The number of rotatable bonds is 6. The Morgan fingerprint density at radius 2 is 2.09 bits per heavy atom. The Bertz CT molecular complexity index is 611. The lowest BCUT2D eigenvalue weighted by atomic mass is 10.0. The number of carbonyl (C=O) groups excluding carboxylic acids is 2. The average molecular weight is 357 g/mol. The number of thioether (sulfide) groups is 1. The van der Waals surface area contributed by atoms with Crippen LogP contribution in [-0.4, -0.2) is 47.0 Å². The maximum atomic E-state index is 12.5. The van der Waals surface area contributed by atoms with Crippen molar-refractivity contribution >= 4 is 46.8 Å². The van der Waals surface area contributed by atoms with Crippen molar-refractivity contribution in [2.24, 2.45) is 0 Å². The fraction of sp³-hybridized carbons (Fsp3) is 0.400. The minimum absolute atomic E-state index is 0.0160. The highest BCUT2D eigenvalue weighted by molar-refractivity contribution is 8.00. The first-order valence-corrected chi connectivity index (χ1v) is 8.67. The molecule has 0 aromatic heterocycles. The Kier molecular flexibility index (Phi) is 6.29. The predicted molar refractivity (Wildman–Crippen MR) is 89.9 cm³/mol. The Hall–Kier alpha value is -1.73. The summed E-state index contributed by atoms with van der Waals surface area (Å²) in [6.45, 7) is 0.558. The van der Waals surface area contributed by atoms with Crippen molar-refractivity contribution in [3.63, 3.8) is 0 Å². The van der Waals surface area contributed by atoms with E-state index in [-0.39, 0.29) is 23.3 Å². The van der Waals surface area contributed by atoms with E-state index in [0.29, 0.717) is 23.7 Å². The Morgan fingerprint density at radius 1 is 1.35 bits per heavy atom. The van der Waals surface area contributed by atoms with Gasteiger partial charge in [-0.25, -0.2) is 0 Å². The molecule has 0 saturated carbocycles. The fourth-order valence-electron chi connectivity index (χ4n) is 2.39. The van der Waals surface area contributed by atoms with Gasteiger partial charge < -0.3 is 15.3 Å². The van der Waals surface area contributed by atoms with Gasteiger partial charge in [-0.05, 0) is 25.0 Å². The highest BCUT2D eigenvalue weighted by Crippen LogP contribution is 2.28. The van der Waals surface area contributed by atoms with E-state index in [2.05, 4.69) is 5.32 Å². The van der Waals surface area contributed by atoms with Crippen LogP contribution >= 0.6 is 23.4 Å². The van der Waals surface area contributed by atoms with E-state index in [9.17, 15) is 14.4 Å². The van der Waals surface area contributed by atoms with E-state index in [4.69, 9.17) is 16.7 Å². The zero-order valence-corrected chi connectivity index (χ0v) is 13.9. The molecule has 2 amide bonds. The molecule has 124 valence electrons. The number of carbonyl (C=O) groups is 3. The van der Waals surface area contributed by atoms with Crippen molar-refractivity contribution in [2.45, 2.75) is 18.9 Å². The molecule has 0 aliphatic carbocycles. The van der Waals surface area contributed by atoms with Crippen molar-refractivity contribution < 1.29 is 19.5 Å². The van der Waals surface area contributed by atoms with Crippen LogP contribution in [-0.2, 0) is 14.4 Å². The van der Waals surface area contributed by atoms with Crippen molar-refractivity contribution in [1.29, 1.82) is 0 Å². The molecule has 1 aromatic rings. The first-order valence-electron chi connectivity index (χ1n) is 7.14. The third kappa shape index (κ3) is 4.87. The van der Waals surface area contributed by atoms with Crippen LogP contribution in [0.1, 0.15) is 12.8 Å². The van der Waals surface area contributed by atoms with E-state index in [0.717, 1.165) is 18.2 Å². The molecule has 0 radical (unpaired) electrons. The van der Waals surface area contributed by atoms with Gasteiger partial charge in [-0.3, -0.25) is 14.4 Å². The molecule has 1 fully saturated rings. The number of carboxylic acid groups (broad SMARTS) is 1. The maximum Gasteiger partial charge on any atom is 0.313 e. The smallest absolute Gasteiger partial charge is 0.313 e. The molecular formula is C15H17ClN2O4S. The summed E-state index contributed by atoms with van der Waals surface area (Å²) in [5.41, 5.74) is 0.637. The third-order valence-electron chi connectivity index (χ3n) is 3.38. The van der Waals surface area contributed by atoms with E-state index in [1.165, 1.54) is 0 Å². The van der Waals surface area contributed by atoms with Crippen molar-refractivity contribution in [3.8, 4) is 0 Å². The van der Waals surface area contributed by atoms with Gasteiger partial charge in [0.1, 0.15) is 6.04 Å². The highest BCUT2D eigenvalue weighted by Gasteiger charge is 2.31. The summed E-state index contributed by atoms with van der Waals surface area (Å²) >= 11 is 7.14. The Balaban J connectivity index is 1.96. The molecular weight excluding hydrogens is 340 g/mol. The van der Waals surface area contributed by atoms with Gasteiger partial charge >= 0.3 is 5.97 Å². The van der Waals surface area contributed by atoms with Gasteiger partial charge in [0.2, 0.25) is 11.8 Å². The number of benzene rings is 1. The van der Waals surface area contributed by atoms with Crippen LogP contribution in [0.3, 0.4) is 0 Å². The number of carboxylic acids is 1. The normalized spacial score (nSPS) is 17.9. The number of para-hydroxylation sites is 1. The summed E-state index contributed by atoms with van der Waals surface area (Å²) in [7, 11) is 0. The number of hydrogen-bond acceptors (Lipinski definition) is 4. The number of aliphatic carboxylic acids is 1. The standard InChI is InChI=1S/C15H17ClN2O4S/c16-10-4-1-2-6-12(10)18-7-3-5-11(15(18)22)17-13(19)8-23-9-14(20)21/h1-2,4,6,11H,3,5,7-9H2,(H,17,19)(H,20,21). The van der Waals surface area contributed by atoms with E-state index in [1.807, 2.05) is 0 Å². The summed E-state index contributed by atoms with van der Waals surface area (Å²) in [6.07, 6.45) is 1.32. The lowest BCUT2D eigenvalue weighted by Crippen LogP contribution is -2.53. The molecule has 23 heavy (non-hydrogen) atoms. The second-order valence-electron chi connectivity index (χ2n) is 5.09. The molecule has 1 saturated heterocycles. The molecule has 2 rings (SSSR count). The Labute approximate surface area is 143 Å². The van der Waals surface area contributed by atoms with Gasteiger partial charge in [-0.2, -0.15) is 0 Å². The summed E-state index contributed by atoms with van der Waals surface area (Å²) in [4.78, 5) is 36.4. The minimum Gasteiger partial charge on any atom is -0.481 e. The minimum atomic E-state index is -0.971. The number of nitrogens with one attached hydrogen (secondary N) is 1. The van der Waals surface area contributed by atoms with Crippen molar-refractivity contribution in [3.05, 3.63) is 29.3 Å². The number of halogens is 1. The molecule has 8 heteroatoms.